The van der Waals surface area contributed by atoms with Crippen molar-refractivity contribution < 1.29 is 4.74 Å². The summed E-state index contributed by atoms with van der Waals surface area (Å²) in [5, 5.41) is 4.56. The number of hydrogen-bond acceptors (Lipinski definition) is 5. The monoisotopic (exact) mass is 315 g/mol. The van der Waals surface area contributed by atoms with Crippen LogP contribution in [0.25, 0.3) is 11.3 Å². The molecule has 5 heteroatoms. The first-order chi connectivity index (χ1) is 10.9. The van der Waals surface area contributed by atoms with Crippen LogP contribution in [-0.2, 0) is 11.2 Å². The number of nitrogens with one attached hydrogen (secondary N) is 1. The minimum absolute atomic E-state index is 0.881. The lowest BCUT2D eigenvalue weighted by atomic mass is 10.1. The first-order valence-electron chi connectivity index (χ1n) is 8.02. The van der Waals surface area contributed by atoms with Gasteiger partial charge in [-0.15, -0.1) is 11.3 Å². The van der Waals surface area contributed by atoms with Crippen LogP contribution < -0.4 is 5.32 Å². The molecule has 116 valence electrons. The highest BCUT2D eigenvalue weighted by Gasteiger charge is 2.22. The highest BCUT2D eigenvalue weighted by atomic mass is 32.1. The zero-order chi connectivity index (χ0) is 14.8. The number of rotatable bonds is 5. The second-order valence-corrected chi connectivity index (χ2v) is 6.94. The van der Waals surface area contributed by atoms with Gasteiger partial charge in [-0.05, 0) is 18.5 Å². The van der Waals surface area contributed by atoms with E-state index in [4.69, 9.17) is 9.72 Å². The Hall–Kier alpha value is -1.43. The summed E-state index contributed by atoms with van der Waals surface area (Å²) in [6.45, 7) is 6.04. The Morgan fingerprint density at radius 2 is 2.09 bits per heavy atom. The van der Waals surface area contributed by atoms with Crippen molar-refractivity contribution in [1.82, 2.24) is 9.88 Å². The predicted molar refractivity (Wildman–Crippen MR) is 90.7 cm³/mol. The number of benzene rings is 1. The molecule has 4 nitrogen and oxygen atoms in total. The van der Waals surface area contributed by atoms with Gasteiger partial charge in [0.1, 0.15) is 0 Å². The van der Waals surface area contributed by atoms with E-state index >= 15 is 0 Å². The van der Waals surface area contributed by atoms with Gasteiger partial charge in [-0.2, -0.15) is 0 Å². The maximum Gasteiger partial charge on any atom is 0.183 e. The quantitative estimate of drug-likeness (QED) is 0.735. The van der Waals surface area contributed by atoms with Crippen molar-refractivity contribution >= 4 is 16.5 Å². The van der Waals surface area contributed by atoms with E-state index < -0.39 is 0 Å². The number of aromatic nitrogens is 1. The first kappa shape index (κ1) is 14.2. The van der Waals surface area contributed by atoms with Gasteiger partial charge in [-0.1, -0.05) is 24.3 Å². The molecule has 0 bridgehead atoms. The summed E-state index contributed by atoms with van der Waals surface area (Å²) in [7, 11) is 0. The summed E-state index contributed by atoms with van der Waals surface area (Å²) in [5.74, 6) is 0. The minimum Gasteiger partial charge on any atom is -0.379 e. The number of anilines is 1. The number of ether oxygens (including phenoxy) is 1. The number of hydrogen-bond donors (Lipinski definition) is 1. The standard InChI is InChI=1S/C17H21N3OS/c1-2-5-14-13(4-1)12-15-16(14)19-17(22-15)18-6-3-7-20-8-10-21-11-9-20/h1-2,4-5H,3,6-12H2,(H,18,19). The van der Waals surface area contributed by atoms with Crippen molar-refractivity contribution in [2.24, 2.45) is 0 Å². The topological polar surface area (TPSA) is 37.4 Å². The molecule has 1 aliphatic heterocycles. The molecule has 2 aromatic rings. The highest BCUT2D eigenvalue weighted by molar-refractivity contribution is 7.16. The van der Waals surface area contributed by atoms with Crippen LogP contribution in [0.1, 0.15) is 16.9 Å². The zero-order valence-electron chi connectivity index (χ0n) is 12.7. The SMILES string of the molecule is c1ccc2c(c1)Cc1sc(NCCCN3CCOCC3)nc1-2. The van der Waals surface area contributed by atoms with Crippen molar-refractivity contribution in [3.05, 3.63) is 34.7 Å². The van der Waals surface area contributed by atoms with Crippen LogP contribution in [0.2, 0.25) is 0 Å². The maximum atomic E-state index is 5.37. The van der Waals surface area contributed by atoms with Crippen molar-refractivity contribution in [2.75, 3.05) is 44.7 Å². The van der Waals surface area contributed by atoms with E-state index in [0.29, 0.717) is 0 Å². The molecule has 0 saturated carbocycles. The third kappa shape index (κ3) is 2.89. The summed E-state index contributed by atoms with van der Waals surface area (Å²) in [5.41, 5.74) is 3.92. The molecule has 22 heavy (non-hydrogen) atoms. The van der Waals surface area contributed by atoms with Gasteiger partial charge in [-0.3, -0.25) is 4.90 Å². The molecule has 1 aromatic heterocycles. The molecule has 0 atom stereocenters. The normalized spacial score (nSPS) is 17.3. The maximum absolute atomic E-state index is 5.37. The van der Waals surface area contributed by atoms with Crippen LogP contribution in [0.5, 0.6) is 0 Å². The lowest BCUT2D eigenvalue weighted by Crippen LogP contribution is -2.37. The van der Waals surface area contributed by atoms with E-state index in [2.05, 4.69) is 34.5 Å². The lowest BCUT2D eigenvalue weighted by molar-refractivity contribution is 0.0378. The first-order valence-corrected chi connectivity index (χ1v) is 8.84. The molecule has 1 N–H and O–H groups in total. The van der Waals surface area contributed by atoms with Crippen molar-refractivity contribution in [2.45, 2.75) is 12.8 Å². The van der Waals surface area contributed by atoms with Gasteiger partial charge in [0.05, 0.1) is 18.9 Å². The van der Waals surface area contributed by atoms with Gasteiger partial charge in [0.15, 0.2) is 5.13 Å². The molecule has 4 rings (SSSR count). The minimum atomic E-state index is 0.881. The Morgan fingerprint density at radius 3 is 3.00 bits per heavy atom. The molecule has 1 fully saturated rings. The Balaban J connectivity index is 1.30. The summed E-state index contributed by atoms with van der Waals surface area (Å²) >= 11 is 1.81. The van der Waals surface area contributed by atoms with E-state index in [9.17, 15) is 0 Å². The number of morpholine rings is 1. The Kier molecular flexibility index (Phi) is 4.10. The van der Waals surface area contributed by atoms with Crippen LogP contribution >= 0.6 is 11.3 Å². The molecule has 1 saturated heterocycles. The van der Waals surface area contributed by atoms with Crippen molar-refractivity contribution in [3.8, 4) is 11.3 Å². The Labute approximate surface area is 135 Å². The molecule has 0 unspecified atom stereocenters. The molecule has 0 radical (unpaired) electrons. The summed E-state index contributed by atoms with van der Waals surface area (Å²) in [6, 6.07) is 8.60. The average molecular weight is 315 g/mol. The third-order valence-electron chi connectivity index (χ3n) is 4.35. The average Bonchev–Trinajstić information content (AvgIpc) is 3.10. The molecule has 2 aliphatic rings. The third-order valence-corrected chi connectivity index (χ3v) is 5.36. The number of thiazole rings is 1. The largest absolute Gasteiger partial charge is 0.379 e. The Morgan fingerprint density at radius 1 is 1.23 bits per heavy atom. The van der Waals surface area contributed by atoms with E-state index in [-0.39, 0.29) is 0 Å². The molecule has 0 spiro atoms. The summed E-state index contributed by atoms with van der Waals surface area (Å²) in [4.78, 5) is 8.67. The van der Waals surface area contributed by atoms with Gasteiger partial charge < -0.3 is 10.1 Å². The Bertz CT molecular complexity index is 649. The fourth-order valence-electron chi connectivity index (χ4n) is 3.16. The van der Waals surface area contributed by atoms with E-state index in [1.54, 1.807) is 0 Å². The highest BCUT2D eigenvalue weighted by Crippen LogP contribution is 2.40. The lowest BCUT2D eigenvalue weighted by Gasteiger charge is -2.26. The molecule has 0 amide bonds. The zero-order valence-corrected chi connectivity index (χ0v) is 13.5. The molecular formula is C17H21N3OS. The number of nitrogens with zero attached hydrogens (tertiary/aromatic N) is 2. The van der Waals surface area contributed by atoms with Gasteiger partial charge in [0, 0.05) is 36.5 Å². The van der Waals surface area contributed by atoms with Gasteiger partial charge in [-0.25, -0.2) is 4.98 Å². The summed E-state index contributed by atoms with van der Waals surface area (Å²) in [6.07, 6.45) is 2.19. The fourth-order valence-corrected chi connectivity index (χ4v) is 4.18. The van der Waals surface area contributed by atoms with E-state index in [1.807, 2.05) is 11.3 Å². The molecular weight excluding hydrogens is 294 g/mol. The molecule has 1 aromatic carbocycles. The smallest absolute Gasteiger partial charge is 0.183 e. The van der Waals surface area contributed by atoms with E-state index in [1.165, 1.54) is 21.7 Å². The van der Waals surface area contributed by atoms with Crippen LogP contribution in [0.4, 0.5) is 5.13 Å². The number of fused-ring (bicyclic) bond motifs is 3. The summed E-state index contributed by atoms with van der Waals surface area (Å²) < 4.78 is 5.37. The molecule has 1 aliphatic carbocycles. The molecule has 2 heterocycles. The van der Waals surface area contributed by atoms with Gasteiger partial charge >= 0.3 is 0 Å². The van der Waals surface area contributed by atoms with Crippen LogP contribution in [-0.4, -0.2) is 49.3 Å². The van der Waals surface area contributed by atoms with Crippen LogP contribution in [0.3, 0.4) is 0 Å². The van der Waals surface area contributed by atoms with Crippen molar-refractivity contribution in [3.63, 3.8) is 0 Å². The van der Waals surface area contributed by atoms with Crippen LogP contribution in [0.15, 0.2) is 24.3 Å². The predicted octanol–water partition coefficient (Wildman–Crippen LogP) is 2.85. The van der Waals surface area contributed by atoms with E-state index in [0.717, 1.165) is 57.4 Å². The van der Waals surface area contributed by atoms with Crippen molar-refractivity contribution in [1.29, 1.82) is 0 Å². The fraction of sp³-hybridized carbons (Fsp3) is 0.471. The van der Waals surface area contributed by atoms with Gasteiger partial charge in [0.25, 0.3) is 0 Å². The van der Waals surface area contributed by atoms with Crippen LogP contribution in [0, 0.1) is 0 Å². The van der Waals surface area contributed by atoms with Gasteiger partial charge in [0.2, 0.25) is 0 Å². The second-order valence-electron chi connectivity index (χ2n) is 5.86. The second kappa shape index (κ2) is 6.36.